The molecule has 1 atom stereocenters. The quantitative estimate of drug-likeness (QED) is 0.774. The summed E-state index contributed by atoms with van der Waals surface area (Å²) in [5.41, 5.74) is 0.812. The number of aromatic hydroxyl groups is 1. The number of carboxylic acid groups (broad SMARTS) is 1. The van der Waals surface area contributed by atoms with Crippen LogP contribution in [0.5, 0.6) is 5.75 Å². The van der Waals surface area contributed by atoms with E-state index >= 15 is 0 Å². The van der Waals surface area contributed by atoms with Crippen LogP contribution in [0.25, 0.3) is 0 Å². The van der Waals surface area contributed by atoms with Crippen molar-refractivity contribution in [2.45, 2.75) is 19.0 Å². The lowest BCUT2D eigenvalue weighted by Gasteiger charge is -2.03. The van der Waals surface area contributed by atoms with Gasteiger partial charge >= 0.3 is 5.97 Å². The fourth-order valence-corrected chi connectivity index (χ4v) is 1.08. The molecule has 0 aromatic heterocycles. The van der Waals surface area contributed by atoms with Crippen LogP contribution in [0.1, 0.15) is 12.0 Å². The normalized spacial score (nSPS) is 12.4. The number of benzene rings is 1. The minimum atomic E-state index is -1.82. The van der Waals surface area contributed by atoms with E-state index < -0.39 is 12.1 Å². The lowest BCUT2D eigenvalue weighted by Crippen LogP contribution is -2.14. The number of hydrogen-bond donors (Lipinski definition) is 2. The molecule has 0 aliphatic rings. The molecule has 0 saturated carbocycles. The van der Waals surface area contributed by atoms with Crippen LogP contribution in [0.15, 0.2) is 24.3 Å². The van der Waals surface area contributed by atoms with Gasteiger partial charge in [-0.1, -0.05) is 12.1 Å². The maximum absolute atomic E-state index is 12.6. The molecule has 0 radical (unpaired) electrons. The van der Waals surface area contributed by atoms with Gasteiger partial charge in [-0.3, -0.25) is 0 Å². The number of hydrogen-bond acceptors (Lipinski definition) is 2. The fourth-order valence-electron chi connectivity index (χ4n) is 1.08. The predicted molar refractivity (Wildman–Crippen MR) is 49.0 cm³/mol. The van der Waals surface area contributed by atoms with Gasteiger partial charge in [0.25, 0.3) is 0 Å². The third kappa shape index (κ3) is 3.05. The summed E-state index contributed by atoms with van der Waals surface area (Å²) in [5.74, 6) is -1.28. The molecule has 0 fully saturated rings. The number of rotatable bonds is 4. The average molecular weight is 198 g/mol. The van der Waals surface area contributed by atoms with E-state index in [2.05, 4.69) is 0 Å². The Morgan fingerprint density at radius 3 is 2.43 bits per heavy atom. The lowest BCUT2D eigenvalue weighted by atomic mass is 10.1. The van der Waals surface area contributed by atoms with Crippen molar-refractivity contribution in [2.24, 2.45) is 0 Å². The largest absolute Gasteiger partial charge is 0.508 e. The number of aryl methyl sites for hydroxylation is 1. The SMILES string of the molecule is O=C(O)C(F)CCc1ccc(O)cc1. The molecule has 0 spiro atoms. The third-order valence-corrected chi connectivity index (χ3v) is 1.89. The van der Waals surface area contributed by atoms with Crippen molar-refractivity contribution in [3.05, 3.63) is 29.8 Å². The van der Waals surface area contributed by atoms with Gasteiger partial charge in [0, 0.05) is 0 Å². The zero-order valence-electron chi connectivity index (χ0n) is 7.48. The summed E-state index contributed by atoms with van der Waals surface area (Å²) in [6.07, 6.45) is -1.50. The van der Waals surface area contributed by atoms with Crippen LogP contribution in [-0.4, -0.2) is 22.4 Å². The van der Waals surface area contributed by atoms with E-state index in [1.807, 2.05) is 0 Å². The second-order valence-electron chi connectivity index (χ2n) is 3.01. The molecule has 3 nitrogen and oxygen atoms in total. The van der Waals surface area contributed by atoms with Gasteiger partial charge in [-0.2, -0.15) is 0 Å². The highest BCUT2D eigenvalue weighted by atomic mass is 19.1. The summed E-state index contributed by atoms with van der Waals surface area (Å²) in [4.78, 5) is 10.2. The zero-order chi connectivity index (χ0) is 10.6. The van der Waals surface area contributed by atoms with E-state index in [-0.39, 0.29) is 12.2 Å². The highest BCUT2D eigenvalue weighted by Crippen LogP contribution is 2.12. The van der Waals surface area contributed by atoms with Crippen molar-refractivity contribution in [3.8, 4) is 5.75 Å². The van der Waals surface area contributed by atoms with Crippen LogP contribution < -0.4 is 0 Å². The Kier molecular flexibility index (Phi) is 3.45. The molecule has 0 amide bonds. The molecule has 0 heterocycles. The van der Waals surface area contributed by atoms with Crippen LogP contribution in [-0.2, 0) is 11.2 Å². The van der Waals surface area contributed by atoms with Crippen molar-refractivity contribution in [1.82, 2.24) is 0 Å². The minimum Gasteiger partial charge on any atom is -0.508 e. The molecular formula is C10H11FO3. The van der Waals surface area contributed by atoms with Crippen molar-refractivity contribution >= 4 is 5.97 Å². The van der Waals surface area contributed by atoms with Gasteiger partial charge in [-0.05, 0) is 30.5 Å². The Labute approximate surface area is 80.8 Å². The van der Waals surface area contributed by atoms with E-state index in [4.69, 9.17) is 10.2 Å². The number of phenolic OH excluding ortho intramolecular Hbond substituents is 1. The van der Waals surface area contributed by atoms with E-state index in [9.17, 15) is 9.18 Å². The Balaban J connectivity index is 2.46. The van der Waals surface area contributed by atoms with Crippen molar-refractivity contribution < 1.29 is 19.4 Å². The van der Waals surface area contributed by atoms with Crippen molar-refractivity contribution in [2.75, 3.05) is 0 Å². The maximum Gasteiger partial charge on any atom is 0.338 e. The van der Waals surface area contributed by atoms with Crippen molar-refractivity contribution in [1.29, 1.82) is 0 Å². The van der Waals surface area contributed by atoms with E-state index in [1.54, 1.807) is 12.1 Å². The Bertz CT molecular complexity index is 308. The molecule has 0 aliphatic carbocycles. The zero-order valence-corrected chi connectivity index (χ0v) is 7.48. The Morgan fingerprint density at radius 1 is 1.36 bits per heavy atom. The maximum atomic E-state index is 12.6. The molecule has 76 valence electrons. The molecule has 0 saturated heterocycles. The van der Waals surface area contributed by atoms with Gasteiger partial charge in [-0.15, -0.1) is 0 Å². The monoisotopic (exact) mass is 198 g/mol. The Morgan fingerprint density at radius 2 is 1.93 bits per heavy atom. The minimum absolute atomic E-state index is 0.0416. The highest BCUT2D eigenvalue weighted by molar-refractivity contribution is 5.72. The van der Waals surface area contributed by atoms with Crippen LogP contribution in [0.3, 0.4) is 0 Å². The van der Waals surface area contributed by atoms with E-state index in [0.717, 1.165) is 5.56 Å². The average Bonchev–Trinajstić information content (AvgIpc) is 2.16. The summed E-state index contributed by atoms with van der Waals surface area (Å²) >= 11 is 0. The standard InChI is InChI=1S/C10H11FO3/c11-9(10(13)14)6-3-7-1-4-8(12)5-2-7/h1-2,4-5,9,12H,3,6H2,(H,13,14). The number of phenols is 1. The summed E-state index contributed by atoms with van der Waals surface area (Å²) in [7, 11) is 0. The number of carboxylic acids is 1. The molecule has 14 heavy (non-hydrogen) atoms. The highest BCUT2D eigenvalue weighted by Gasteiger charge is 2.14. The molecule has 1 aromatic rings. The molecular weight excluding hydrogens is 187 g/mol. The molecule has 0 bridgehead atoms. The molecule has 4 heteroatoms. The topological polar surface area (TPSA) is 57.5 Å². The fraction of sp³-hybridized carbons (Fsp3) is 0.300. The molecule has 0 aliphatic heterocycles. The molecule has 2 N–H and O–H groups in total. The number of halogens is 1. The van der Waals surface area contributed by atoms with E-state index in [0.29, 0.717) is 6.42 Å². The Hall–Kier alpha value is -1.58. The summed E-state index contributed by atoms with van der Waals surface area (Å²) in [6, 6.07) is 6.26. The second-order valence-corrected chi connectivity index (χ2v) is 3.01. The third-order valence-electron chi connectivity index (χ3n) is 1.89. The lowest BCUT2D eigenvalue weighted by molar-refractivity contribution is -0.142. The smallest absolute Gasteiger partial charge is 0.338 e. The predicted octanol–water partition coefficient (Wildman–Crippen LogP) is 1.75. The van der Waals surface area contributed by atoms with Gasteiger partial charge in [0.15, 0.2) is 6.17 Å². The number of carbonyl (C=O) groups is 1. The van der Waals surface area contributed by atoms with Crippen LogP contribution in [0, 0.1) is 0 Å². The van der Waals surface area contributed by atoms with Gasteiger partial charge in [0.2, 0.25) is 0 Å². The first-order valence-corrected chi connectivity index (χ1v) is 4.24. The summed E-state index contributed by atoms with van der Waals surface area (Å²) in [5, 5.41) is 17.2. The first-order valence-electron chi connectivity index (χ1n) is 4.24. The molecule has 1 rings (SSSR count). The summed E-state index contributed by atoms with van der Waals surface area (Å²) in [6.45, 7) is 0. The van der Waals surface area contributed by atoms with Gasteiger partial charge in [0.1, 0.15) is 5.75 Å². The van der Waals surface area contributed by atoms with Gasteiger partial charge in [0.05, 0.1) is 0 Å². The van der Waals surface area contributed by atoms with Crippen LogP contribution in [0.4, 0.5) is 4.39 Å². The van der Waals surface area contributed by atoms with E-state index in [1.165, 1.54) is 12.1 Å². The summed E-state index contributed by atoms with van der Waals surface area (Å²) < 4.78 is 12.6. The molecule has 1 aromatic carbocycles. The first kappa shape index (κ1) is 10.5. The van der Waals surface area contributed by atoms with Gasteiger partial charge in [-0.25, -0.2) is 9.18 Å². The van der Waals surface area contributed by atoms with Gasteiger partial charge < -0.3 is 10.2 Å². The number of aliphatic carboxylic acids is 1. The van der Waals surface area contributed by atoms with Crippen LogP contribution >= 0.6 is 0 Å². The molecule has 1 unspecified atom stereocenters. The first-order chi connectivity index (χ1) is 6.59. The van der Waals surface area contributed by atoms with Crippen LogP contribution in [0.2, 0.25) is 0 Å². The van der Waals surface area contributed by atoms with Crippen molar-refractivity contribution in [3.63, 3.8) is 0 Å². The number of alkyl halides is 1. The second kappa shape index (κ2) is 4.60.